The van der Waals surface area contributed by atoms with Gasteiger partial charge in [-0.2, -0.15) is 5.10 Å². The summed E-state index contributed by atoms with van der Waals surface area (Å²) in [5.41, 5.74) is 2.68. The van der Waals surface area contributed by atoms with Gasteiger partial charge in [0.2, 0.25) is 0 Å². The molecule has 1 N–H and O–H groups in total. The van der Waals surface area contributed by atoms with Crippen molar-refractivity contribution in [2.45, 2.75) is 6.92 Å². The molecule has 0 radical (unpaired) electrons. The van der Waals surface area contributed by atoms with Crippen LogP contribution in [0.4, 0.5) is 15.3 Å². The molecule has 2 aromatic heterocycles. The highest BCUT2D eigenvalue weighted by atomic mass is 35.5. The molecule has 0 aliphatic carbocycles. The van der Waals surface area contributed by atoms with E-state index in [0.29, 0.717) is 0 Å². The number of benzene rings is 1. The van der Waals surface area contributed by atoms with Crippen molar-refractivity contribution in [3.63, 3.8) is 0 Å². The number of rotatable bonds is 3. The second-order valence-electron chi connectivity index (χ2n) is 4.46. The molecule has 2 heterocycles. The molecule has 3 aromatic rings. The second kappa shape index (κ2) is 6.24. The molecule has 0 spiro atoms. The first kappa shape index (κ1) is 15.5. The van der Waals surface area contributed by atoms with E-state index in [-0.39, 0.29) is 18.2 Å². The van der Waals surface area contributed by atoms with Crippen molar-refractivity contribution < 1.29 is 4.39 Å². The van der Waals surface area contributed by atoms with Crippen LogP contribution in [0.1, 0.15) is 5.69 Å². The Morgan fingerprint density at radius 3 is 2.57 bits per heavy atom. The number of halogens is 2. The maximum absolute atomic E-state index is 12.9. The maximum Gasteiger partial charge on any atom is 0.188 e. The Morgan fingerprint density at radius 2 is 1.95 bits per heavy atom. The minimum atomic E-state index is -0.243. The fourth-order valence-corrected chi connectivity index (χ4v) is 2.65. The third-order valence-corrected chi connectivity index (χ3v) is 3.64. The Hall–Kier alpha value is -1.92. The van der Waals surface area contributed by atoms with E-state index in [1.807, 2.05) is 25.4 Å². The molecule has 0 saturated carbocycles. The smallest absolute Gasteiger partial charge is 0.188 e. The van der Waals surface area contributed by atoms with Crippen molar-refractivity contribution in [1.82, 2.24) is 14.8 Å². The molecular weight excluding hydrogens is 311 g/mol. The van der Waals surface area contributed by atoms with Crippen LogP contribution in [0, 0.1) is 12.7 Å². The molecule has 1 aromatic carbocycles. The Bertz CT molecular complexity index is 736. The molecule has 0 unspecified atom stereocenters. The van der Waals surface area contributed by atoms with Crippen LogP contribution >= 0.6 is 23.7 Å². The van der Waals surface area contributed by atoms with Crippen molar-refractivity contribution in [3.05, 3.63) is 47.2 Å². The van der Waals surface area contributed by atoms with E-state index in [4.69, 9.17) is 0 Å². The average Bonchev–Trinajstić information content (AvgIpc) is 2.98. The van der Waals surface area contributed by atoms with Crippen LogP contribution in [0.2, 0.25) is 0 Å². The zero-order chi connectivity index (χ0) is 14.1. The lowest BCUT2D eigenvalue weighted by Gasteiger charge is -2.01. The maximum atomic E-state index is 12.9. The lowest BCUT2D eigenvalue weighted by Crippen LogP contribution is -1.98. The number of nitrogens with one attached hydrogen (secondary N) is 1. The molecule has 110 valence electrons. The van der Waals surface area contributed by atoms with Crippen LogP contribution in [-0.4, -0.2) is 14.8 Å². The first-order valence-corrected chi connectivity index (χ1v) is 6.99. The number of anilines is 2. The van der Waals surface area contributed by atoms with Gasteiger partial charge in [-0.3, -0.25) is 4.68 Å². The van der Waals surface area contributed by atoms with Crippen molar-refractivity contribution >= 4 is 34.7 Å². The predicted octanol–water partition coefficient (Wildman–Crippen LogP) is 4.16. The summed E-state index contributed by atoms with van der Waals surface area (Å²) in [5.74, 6) is 0.648. The van der Waals surface area contributed by atoms with E-state index in [2.05, 4.69) is 15.4 Å². The topological polar surface area (TPSA) is 42.7 Å². The summed E-state index contributed by atoms with van der Waals surface area (Å²) in [6, 6.07) is 8.28. The molecule has 0 amide bonds. The SMILES string of the molecule is Cc1cc(Nc2nc(-c3ccc(F)cc3)cs2)n(C)n1.Cl. The molecule has 4 nitrogen and oxygen atoms in total. The molecule has 3 rings (SSSR count). The first-order chi connectivity index (χ1) is 9.61. The van der Waals surface area contributed by atoms with Crippen LogP contribution in [0.3, 0.4) is 0 Å². The van der Waals surface area contributed by atoms with Gasteiger partial charge in [-0.05, 0) is 31.2 Å². The number of aromatic nitrogens is 3. The highest BCUT2D eigenvalue weighted by molar-refractivity contribution is 7.14. The second-order valence-corrected chi connectivity index (χ2v) is 5.32. The summed E-state index contributed by atoms with van der Waals surface area (Å²) in [6.45, 7) is 1.94. The first-order valence-electron chi connectivity index (χ1n) is 6.11. The molecule has 0 atom stereocenters. The quantitative estimate of drug-likeness (QED) is 0.786. The summed E-state index contributed by atoms with van der Waals surface area (Å²) in [4.78, 5) is 4.50. The lowest BCUT2D eigenvalue weighted by molar-refractivity contribution is 0.628. The number of hydrogen-bond acceptors (Lipinski definition) is 4. The highest BCUT2D eigenvalue weighted by Gasteiger charge is 2.07. The average molecular weight is 325 g/mol. The highest BCUT2D eigenvalue weighted by Crippen LogP contribution is 2.27. The molecule has 0 fully saturated rings. The van der Waals surface area contributed by atoms with Gasteiger partial charge in [-0.1, -0.05) is 0 Å². The largest absolute Gasteiger partial charge is 0.316 e. The van der Waals surface area contributed by atoms with Crippen molar-refractivity contribution in [2.75, 3.05) is 5.32 Å². The van der Waals surface area contributed by atoms with Gasteiger partial charge in [0.25, 0.3) is 0 Å². The van der Waals surface area contributed by atoms with E-state index < -0.39 is 0 Å². The predicted molar refractivity (Wildman–Crippen MR) is 86.0 cm³/mol. The van der Waals surface area contributed by atoms with E-state index in [0.717, 1.165) is 27.9 Å². The van der Waals surface area contributed by atoms with Gasteiger partial charge in [-0.15, -0.1) is 23.7 Å². The minimum absolute atomic E-state index is 0. The van der Waals surface area contributed by atoms with E-state index in [1.54, 1.807) is 16.8 Å². The van der Waals surface area contributed by atoms with Gasteiger partial charge in [0.15, 0.2) is 5.13 Å². The van der Waals surface area contributed by atoms with E-state index in [9.17, 15) is 4.39 Å². The molecule has 0 aliphatic rings. The lowest BCUT2D eigenvalue weighted by atomic mass is 10.2. The summed E-state index contributed by atoms with van der Waals surface area (Å²) in [6.07, 6.45) is 0. The van der Waals surface area contributed by atoms with Gasteiger partial charge >= 0.3 is 0 Å². The van der Waals surface area contributed by atoms with Crippen molar-refractivity contribution in [3.8, 4) is 11.3 Å². The third kappa shape index (κ3) is 3.40. The van der Waals surface area contributed by atoms with Crippen LogP contribution in [0.15, 0.2) is 35.7 Å². The minimum Gasteiger partial charge on any atom is -0.316 e. The van der Waals surface area contributed by atoms with Gasteiger partial charge in [0.05, 0.1) is 11.4 Å². The standard InChI is InChI=1S/C14H13FN4S.ClH/c1-9-7-13(19(2)18-9)17-14-16-12(8-20-14)10-3-5-11(15)6-4-10;/h3-8H,1-2H3,(H,16,17);1H. The molecule has 21 heavy (non-hydrogen) atoms. The monoisotopic (exact) mass is 324 g/mol. The van der Waals surface area contributed by atoms with Gasteiger partial charge < -0.3 is 5.32 Å². The molecule has 0 saturated heterocycles. The molecule has 7 heteroatoms. The number of nitrogens with zero attached hydrogens (tertiary/aromatic N) is 3. The zero-order valence-corrected chi connectivity index (χ0v) is 13.1. The number of thiazole rings is 1. The van der Waals surface area contributed by atoms with Crippen LogP contribution in [-0.2, 0) is 7.05 Å². The summed E-state index contributed by atoms with van der Waals surface area (Å²) >= 11 is 1.50. The Morgan fingerprint density at radius 1 is 1.24 bits per heavy atom. The van der Waals surface area contributed by atoms with Crippen LogP contribution in [0.5, 0.6) is 0 Å². The normalized spacial score (nSPS) is 10.2. The summed E-state index contributed by atoms with van der Waals surface area (Å²) < 4.78 is 14.7. The summed E-state index contributed by atoms with van der Waals surface area (Å²) in [7, 11) is 1.88. The van der Waals surface area contributed by atoms with Gasteiger partial charge in [0.1, 0.15) is 11.6 Å². The van der Waals surface area contributed by atoms with Gasteiger partial charge in [0, 0.05) is 24.1 Å². The molecule has 0 bridgehead atoms. The third-order valence-electron chi connectivity index (χ3n) is 2.88. The Labute approximate surface area is 132 Å². The Balaban J connectivity index is 0.00000161. The summed E-state index contributed by atoms with van der Waals surface area (Å²) in [5, 5.41) is 10.2. The van der Waals surface area contributed by atoms with E-state index >= 15 is 0 Å². The fourth-order valence-electron chi connectivity index (χ4n) is 1.92. The zero-order valence-electron chi connectivity index (χ0n) is 11.5. The Kier molecular flexibility index (Phi) is 4.59. The van der Waals surface area contributed by atoms with Crippen LogP contribution < -0.4 is 5.32 Å². The number of hydrogen-bond donors (Lipinski definition) is 1. The van der Waals surface area contributed by atoms with Gasteiger partial charge in [-0.25, -0.2) is 9.37 Å². The molecular formula is C14H14ClFN4S. The van der Waals surface area contributed by atoms with Crippen molar-refractivity contribution in [2.24, 2.45) is 7.05 Å². The van der Waals surface area contributed by atoms with Crippen LogP contribution in [0.25, 0.3) is 11.3 Å². The van der Waals surface area contributed by atoms with Crippen molar-refractivity contribution in [1.29, 1.82) is 0 Å². The van der Waals surface area contributed by atoms with E-state index in [1.165, 1.54) is 23.5 Å². The fraction of sp³-hybridized carbons (Fsp3) is 0.143. The molecule has 0 aliphatic heterocycles. The number of aryl methyl sites for hydroxylation is 2.